The Morgan fingerprint density at radius 1 is 1.22 bits per heavy atom. The van der Waals surface area contributed by atoms with Crippen LogP contribution in [0, 0.1) is 0 Å². The van der Waals surface area contributed by atoms with Crippen LogP contribution in [0.2, 0.25) is 0 Å². The molecular weight excluding hydrogens is 318 g/mol. The molecule has 23 heavy (non-hydrogen) atoms. The number of carbonyl (C=O) groups is 2. The lowest BCUT2D eigenvalue weighted by molar-refractivity contribution is -0.122. The van der Waals surface area contributed by atoms with Gasteiger partial charge in [0.1, 0.15) is 17.6 Å². The highest BCUT2D eigenvalue weighted by atomic mass is 32.1. The average molecular weight is 331 g/mol. The van der Waals surface area contributed by atoms with Crippen LogP contribution in [-0.2, 0) is 17.8 Å². The molecule has 2 aromatic heterocycles. The first-order valence-corrected chi connectivity index (χ1v) is 7.74. The number of benzene rings is 1. The van der Waals surface area contributed by atoms with Crippen LogP contribution < -0.4 is 5.32 Å². The number of nitrogens with zero attached hydrogens (tertiary/aromatic N) is 4. The first-order valence-electron chi connectivity index (χ1n) is 6.86. The summed E-state index contributed by atoms with van der Waals surface area (Å²) in [6, 6.07) is 7.39. The third-order valence-corrected chi connectivity index (χ3v) is 3.95. The van der Waals surface area contributed by atoms with Crippen molar-refractivity contribution in [2.75, 3.05) is 6.54 Å². The molecule has 0 fully saturated rings. The number of aromatic carboxylic acids is 1. The molecule has 9 heteroatoms. The van der Waals surface area contributed by atoms with Gasteiger partial charge < -0.3 is 10.4 Å². The van der Waals surface area contributed by atoms with Gasteiger partial charge in [-0.1, -0.05) is 12.1 Å². The Labute approximate surface area is 134 Å². The zero-order valence-electron chi connectivity index (χ0n) is 12.0. The van der Waals surface area contributed by atoms with Crippen LogP contribution in [0.4, 0.5) is 0 Å². The predicted octanol–water partition coefficient (Wildman–Crippen LogP) is 0.945. The molecule has 2 heterocycles. The molecule has 0 unspecified atom stereocenters. The first kappa shape index (κ1) is 15.1. The number of carboxylic acid groups (broad SMARTS) is 1. The van der Waals surface area contributed by atoms with E-state index in [9.17, 15) is 9.59 Å². The van der Waals surface area contributed by atoms with Gasteiger partial charge in [-0.2, -0.15) is 15.0 Å². The molecule has 8 nitrogen and oxygen atoms in total. The van der Waals surface area contributed by atoms with Crippen LogP contribution in [0.25, 0.3) is 11.0 Å². The van der Waals surface area contributed by atoms with E-state index in [4.69, 9.17) is 5.11 Å². The van der Waals surface area contributed by atoms with Crippen molar-refractivity contribution in [2.45, 2.75) is 13.0 Å². The smallest absolute Gasteiger partial charge is 0.355 e. The third kappa shape index (κ3) is 3.69. The van der Waals surface area contributed by atoms with Crippen molar-refractivity contribution in [3.8, 4) is 0 Å². The summed E-state index contributed by atoms with van der Waals surface area (Å²) in [5.41, 5.74) is 1.51. The Kier molecular flexibility index (Phi) is 4.29. The molecule has 118 valence electrons. The summed E-state index contributed by atoms with van der Waals surface area (Å²) in [4.78, 5) is 27.9. The van der Waals surface area contributed by atoms with E-state index < -0.39 is 5.97 Å². The molecule has 3 aromatic rings. The Balaban J connectivity index is 1.50. The fraction of sp³-hybridized carbons (Fsp3) is 0.214. The van der Waals surface area contributed by atoms with Gasteiger partial charge in [-0.25, -0.2) is 9.78 Å². The summed E-state index contributed by atoms with van der Waals surface area (Å²) in [6.07, 6.45) is 0.484. The third-order valence-electron chi connectivity index (χ3n) is 3.04. The molecule has 2 N–H and O–H groups in total. The zero-order chi connectivity index (χ0) is 16.2. The van der Waals surface area contributed by atoms with Crippen molar-refractivity contribution < 1.29 is 14.7 Å². The lowest BCUT2D eigenvalue weighted by Gasteiger charge is -2.02. The van der Waals surface area contributed by atoms with Gasteiger partial charge in [0, 0.05) is 18.3 Å². The van der Waals surface area contributed by atoms with Crippen molar-refractivity contribution >= 4 is 34.2 Å². The number of carboxylic acids is 1. The standard InChI is InChI=1S/C14H13N5O3S/c20-12(7-19-17-9-3-1-2-4-10(9)18-19)15-6-5-13-16-11(8-23-13)14(21)22/h1-4,8H,5-7H2,(H,15,20)(H,21,22). The molecule has 0 bridgehead atoms. The molecule has 0 radical (unpaired) electrons. The Bertz CT molecular complexity index is 824. The SMILES string of the molecule is O=C(Cn1nc2ccccc2n1)NCCc1nc(C(=O)O)cs1. The summed E-state index contributed by atoms with van der Waals surface area (Å²) in [5.74, 6) is -1.26. The maximum absolute atomic E-state index is 11.9. The zero-order valence-corrected chi connectivity index (χ0v) is 12.8. The minimum absolute atomic E-state index is 0.0313. The van der Waals surface area contributed by atoms with E-state index in [1.54, 1.807) is 0 Å². The highest BCUT2D eigenvalue weighted by molar-refractivity contribution is 7.09. The van der Waals surface area contributed by atoms with Crippen molar-refractivity contribution in [3.63, 3.8) is 0 Å². The number of carbonyl (C=O) groups excluding carboxylic acids is 1. The van der Waals surface area contributed by atoms with Crippen molar-refractivity contribution in [3.05, 3.63) is 40.3 Å². The molecule has 0 aliphatic rings. The maximum Gasteiger partial charge on any atom is 0.355 e. The summed E-state index contributed by atoms with van der Waals surface area (Å²) in [6.45, 7) is 0.416. The number of thiazole rings is 1. The second kappa shape index (κ2) is 6.53. The molecular formula is C14H13N5O3S. The molecule has 0 saturated heterocycles. The summed E-state index contributed by atoms with van der Waals surface area (Å²) < 4.78 is 0. The van der Waals surface area contributed by atoms with Gasteiger partial charge in [0.25, 0.3) is 0 Å². The minimum Gasteiger partial charge on any atom is -0.476 e. The predicted molar refractivity (Wildman–Crippen MR) is 83.3 cm³/mol. The lowest BCUT2D eigenvalue weighted by atomic mass is 10.3. The van der Waals surface area contributed by atoms with Crippen LogP contribution in [0.1, 0.15) is 15.5 Å². The van der Waals surface area contributed by atoms with Crippen LogP contribution in [0.5, 0.6) is 0 Å². The fourth-order valence-corrected chi connectivity index (χ4v) is 2.76. The van der Waals surface area contributed by atoms with Gasteiger partial charge in [0.05, 0.1) is 5.01 Å². The van der Waals surface area contributed by atoms with E-state index in [2.05, 4.69) is 20.5 Å². The quantitative estimate of drug-likeness (QED) is 0.696. The van der Waals surface area contributed by atoms with Crippen LogP contribution in [-0.4, -0.2) is 43.5 Å². The van der Waals surface area contributed by atoms with E-state index in [1.807, 2.05) is 24.3 Å². The highest BCUT2D eigenvalue weighted by Crippen LogP contribution is 2.10. The fourth-order valence-electron chi connectivity index (χ4n) is 1.99. The Morgan fingerprint density at radius 3 is 2.52 bits per heavy atom. The molecule has 1 amide bonds. The number of aromatic nitrogens is 4. The Morgan fingerprint density at radius 2 is 1.91 bits per heavy atom. The van der Waals surface area contributed by atoms with Crippen LogP contribution in [0.15, 0.2) is 29.6 Å². The van der Waals surface area contributed by atoms with E-state index >= 15 is 0 Å². The topological polar surface area (TPSA) is 110 Å². The molecule has 3 rings (SSSR count). The maximum atomic E-state index is 11.9. The second-order valence-electron chi connectivity index (χ2n) is 4.75. The second-order valence-corrected chi connectivity index (χ2v) is 5.69. The normalized spacial score (nSPS) is 10.8. The number of hydrogen-bond donors (Lipinski definition) is 2. The number of amides is 1. The number of fused-ring (bicyclic) bond motifs is 1. The molecule has 1 aromatic carbocycles. The molecule has 0 saturated carbocycles. The minimum atomic E-state index is -1.05. The number of rotatable bonds is 6. The largest absolute Gasteiger partial charge is 0.476 e. The first-order chi connectivity index (χ1) is 11.1. The number of hydrogen-bond acceptors (Lipinski definition) is 6. The Hall–Kier alpha value is -2.81. The van der Waals surface area contributed by atoms with Gasteiger partial charge in [0.2, 0.25) is 5.91 Å². The van der Waals surface area contributed by atoms with Gasteiger partial charge in [-0.3, -0.25) is 4.79 Å². The van der Waals surface area contributed by atoms with E-state index in [1.165, 1.54) is 21.5 Å². The molecule has 0 aliphatic heterocycles. The van der Waals surface area contributed by atoms with E-state index in [-0.39, 0.29) is 18.1 Å². The molecule has 0 spiro atoms. The van der Waals surface area contributed by atoms with Crippen molar-refractivity contribution in [2.24, 2.45) is 0 Å². The van der Waals surface area contributed by atoms with Crippen LogP contribution in [0.3, 0.4) is 0 Å². The van der Waals surface area contributed by atoms with Gasteiger partial charge >= 0.3 is 5.97 Å². The van der Waals surface area contributed by atoms with Gasteiger partial charge in [0.15, 0.2) is 5.69 Å². The van der Waals surface area contributed by atoms with E-state index in [0.29, 0.717) is 18.0 Å². The van der Waals surface area contributed by atoms with E-state index in [0.717, 1.165) is 11.0 Å². The summed E-state index contributed by atoms with van der Waals surface area (Å²) in [7, 11) is 0. The average Bonchev–Trinajstić information content (AvgIpc) is 3.13. The number of nitrogens with one attached hydrogen (secondary N) is 1. The molecule has 0 atom stereocenters. The van der Waals surface area contributed by atoms with Crippen LogP contribution >= 0.6 is 11.3 Å². The van der Waals surface area contributed by atoms with Gasteiger partial charge in [-0.15, -0.1) is 11.3 Å². The monoisotopic (exact) mass is 331 g/mol. The summed E-state index contributed by atoms with van der Waals surface area (Å²) in [5, 5.41) is 22.1. The summed E-state index contributed by atoms with van der Waals surface area (Å²) >= 11 is 1.26. The lowest BCUT2D eigenvalue weighted by Crippen LogP contribution is -2.30. The molecule has 0 aliphatic carbocycles. The van der Waals surface area contributed by atoms with Gasteiger partial charge in [-0.05, 0) is 12.1 Å². The van der Waals surface area contributed by atoms with Crippen molar-refractivity contribution in [1.29, 1.82) is 0 Å². The highest BCUT2D eigenvalue weighted by Gasteiger charge is 2.10. The van der Waals surface area contributed by atoms with Crippen molar-refractivity contribution in [1.82, 2.24) is 25.3 Å².